The number of nitrogens with zero attached hydrogens (tertiary/aromatic N) is 1. The van der Waals surface area contributed by atoms with Crippen molar-refractivity contribution in [2.24, 2.45) is 0 Å². The Balaban J connectivity index is 2.18. The van der Waals surface area contributed by atoms with Crippen LogP contribution in [0.2, 0.25) is 0 Å². The quantitative estimate of drug-likeness (QED) is 0.617. The highest BCUT2D eigenvalue weighted by atomic mass is 79.9. The van der Waals surface area contributed by atoms with Crippen LogP contribution in [0.5, 0.6) is 0 Å². The van der Waals surface area contributed by atoms with Gasteiger partial charge >= 0.3 is 0 Å². The molecule has 0 fully saturated rings. The summed E-state index contributed by atoms with van der Waals surface area (Å²) in [6.07, 6.45) is 1.40. The van der Waals surface area contributed by atoms with Crippen LogP contribution in [0.3, 0.4) is 0 Å². The van der Waals surface area contributed by atoms with Crippen molar-refractivity contribution in [3.8, 4) is 0 Å². The number of aliphatic hydroxyl groups excluding tert-OH is 1. The third kappa shape index (κ3) is 5.89. The lowest BCUT2D eigenvalue weighted by molar-refractivity contribution is -0.130. The maximum atomic E-state index is 11.6. The van der Waals surface area contributed by atoms with E-state index in [1.54, 1.807) is 23.7 Å². The minimum atomic E-state index is 0.0237. The molecule has 1 rings (SSSR count). The molecule has 0 radical (unpaired) electrons. The predicted molar refractivity (Wildman–Crippen MR) is 78.8 cm³/mol. The zero-order chi connectivity index (χ0) is 13.4. The average molecular weight is 332 g/mol. The molecule has 1 aromatic carbocycles. The molecule has 5 heteroatoms. The number of hydrogen-bond donors (Lipinski definition) is 1. The van der Waals surface area contributed by atoms with Gasteiger partial charge in [0.25, 0.3) is 0 Å². The number of thioether (sulfide) groups is 1. The molecule has 0 aliphatic rings. The smallest absolute Gasteiger partial charge is 0.222 e. The summed E-state index contributed by atoms with van der Waals surface area (Å²) < 4.78 is 1.08. The van der Waals surface area contributed by atoms with Crippen LogP contribution in [0.25, 0.3) is 0 Å². The fraction of sp³-hybridized carbons (Fsp3) is 0.462. The number of carbonyl (C=O) groups excluding carboxylic acids is 1. The first-order valence-electron chi connectivity index (χ1n) is 5.86. The number of carbonyl (C=O) groups is 1. The van der Waals surface area contributed by atoms with Gasteiger partial charge in [-0.05, 0) is 36.4 Å². The molecule has 0 saturated carbocycles. The maximum absolute atomic E-state index is 11.6. The number of likely N-dealkylation sites (N-methyl/N-ethyl adjacent to an activating group) is 1. The van der Waals surface area contributed by atoms with Crippen LogP contribution in [0.1, 0.15) is 12.8 Å². The van der Waals surface area contributed by atoms with E-state index in [2.05, 4.69) is 28.1 Å². The highest BCUT2D eigenvalue weighted by molar-refractivity contribution is 9.10. The first kappa shape index (κ1) is 15.5. The van der Waals surface area contributed by atoms with Crippen molar-refractivity contribution in [2.75, 3.05) is 26.0 Å². The zero-order valence-electron chi connectivity index (χ0n) is 10.4. The van der Waals surface area contributed by atoms with Gasteiger partial charge in [0.05, 0.1) is 6.61 Å². The summed E-state index contributed by atoms with van der Waals surface area (Å²) in [5.41, 5.74) is 0. The van der Waals surface area contributed by atoms with Gasteiger partial charge in [0.1, 0.15) is 0 Å². The summed E-state index contributed by atoms with van der Waals surface area (Å²) in [6, 6.07) is 8.16. The van der Waals surface area contributed by atoms with E-state index in [1.165, 1.54) is 4.90 Å². The number of hydrogen-bond acceptors (Lipinski definition) is 3. The van der Waals surface area contributed by atoms with Crippen molar-refractivity contribution in [1.82, 2.24) is 4.90 Å². The summed E-state index contributed by atoms with van der Waals surface area (Å²) in [5.74, 6) is 1.03. The van der Waals surface area contributed by atoms with Gasteiger partial charge in [0, 0.05) is 29.4 Å². The van der Waals surface area contributed by atoms with E-state index in [4.69, 9.17) is 5.11 Å². The zero-order valence-corrected chi connectivity index (χ0v) is 12.8. The molecule has 0 spiro atoms. The maximum Gasteiger partial charge on any atom is 0.222 e. The Morgan fingerprint density at radius 2 is 2.06 bits per heavy atom. The van der Waals surface area contributed by atoms with Gasteiger partial charge in [-0.2, -0.15) is 0 Å². The minimum absolute atomic E-state index is 0.0237. The van der Waals surface area contributed by atoms with Crippen molar-refractivity contribution < 1.29 is 9.90 Å². The Kier molecular flexibility index (Phi) is 7.39. The largest absolute Gasteiger partial charge is 0.395 e. The highest BCUT2D eigenvalue weighted by Gasteiger charge is 2.07. The van der Waals surface area contributed by atoms with Gasteiger partial charge in [-0.25, -0.2) is 0 Å². The summed E-state index contributed by atoms with van der Waals surface area (Å²) in [6.45, 7) is 0.439. The number of benzene rings is 1. The van der Waals surface area contributed by atoms with E-state index < -0.39 is 0 Å². The van der Waals surface area contributed by atoms with Gasteiger partial charge in [-0.15, -0.1) is 11.8 Å². The standard InChI is InChI=1S/C13H18BrNO2S/c1-15(8-9-16)13(17)3-2-10-18-12-6-4-11(14)5-7-12/h4-7,16H,2-3,8-10H2,1H3. The second-order valence-corrected chi connectivity index (χ2v) is 6.03. The summed E-state index contributed by atoms with van der Waals surface area (Å²) in [4.78, 5) is 14.4. The third-order valence-corrected chi connectivity index (χ3v) is 4.11. The molecular formula is C13H18BrNO2S. The number of halogens is 1. The Bertz CT molecular complexity index is 370. The number of aliphatic hydroxyl groups is 1. The van der Waals surface area contributed by atoms with Crippen LogP contribution in [0.15, 0.2) is 33.6 Å². The first-order chi connectivity index (χ1) is 8.63. The molecule has 0 heterocycles. The molecular weight excluding hydrogens is 314 g/mol. The fourth-order valence-electron chi connectivity index (χ4n) is 1.41. The van der Waals surface area contributed by atoms with Crippen molar-refractivity contribution in [1.29, 1.82) is 0 Å². The lowest BCUT2D eigenvalue weighted by Gasteiger charge is -2.15. The van der Waals surface area contributed by atoms with E-state index >= 15 is 0 Å². The van der Waals surface area contributed by atoms with Crippen molar-refractivity contribution in [3.05, 3.63) is 28.7 Å². The fourth-order valence-corrected chi connectivity index (χ4v) is 2.53. The number of rotatable bonds is 7. The van der Waals surface area contributed by atoms with E-state index in [0.29, 0.717) is 13.0 Å². The van der Waals surface area contributed by atoms with Crippen LogP contribution in [-0.4, -0.2) is 41.9 Å². The first-order valence-corrected chi connectivity index (χ1v) is 7.64. The lowest BCUT2D eigenvalue weighted by atomic mass is 10.3. The summed E-state index contributed by atoms with van der Waals surface area (Å²) in [5, 5.41) is 8.73. The Labute approximate surface area is 121 Å². The monoisotopic (exact) mass is 331 g/mol. The minimum Gasteiger partial charge on any atom is -0.395 e. The Morgan fingerprint density at radius 3 is 2.67 bits per heavy atom. The van der Waals surface area contributed by atoms with Gasteiger partial charge < -0.3 is 10.0 Å². The van der Waals surface area contributed by atoms with Gasteiger partial charge in [0.2, 0.25) is 5.91 Å². The van der Waals surface area contributed by atoms with Gasteiger partial charge in [0.15, 0.2) is 0 Å². The molecule has 0 aliphatic heterocycles. The SMILES string of the molecule is CN(CCO)C(=O)CCCSc1ccc(Br)cc1. The lowest BCUT2D eigenvalue weighted by Crippen LogP contribution is -2.29. The normalized spacial score (nSPS) is 10.4. The van der Waals surface area contributed by atoms with E-state index in [1.807, 2.05) is 12.1 Å². The summed E-state index contributed by atoms with van der Waals surface area (Å²) >= 11 is 5.15. The Hall–Kier alpha value is -0.520. The van der Waals surface area contributed by atoms with Crippen molar-refractivity contribution in [2.45, 2.75) is 17.7 Å². The van der Waals surface area contributed by atoms with Crippen molar-refractivity contribution in [3.63, 3.8) is 0 Å². The molecule has 1 aromatic rings. The van der Waals surface area contributed by atoms with Gasteiger partial charge in [-0.3, -0.25) is 4.79 Å². The molecule has 18 heavy (non-hydrogen) atoms. The van der Waals surface area contributed by atoms with Crippen LogP contribution >= 0.6 is 27.7 Å². The highest BCUT2D eigenvalue weighted by Crippen LogP contribution is 2.21. The van der Waals surface area contributed by atoms with Crippen LogP contribution in [0.4, 0.5) is 0 Å². The molecule has 0 atom stereocenters. The van der Waals surface area contributed by atoms with Crippen LogP contribution < -0.4 is 0 Å². The average Bonchev–Trinajstić information content (AvgIpc) is 2.36. The molecule has 3 nitrogen and oxygen atoms in total. The van der Waals surface area contributed by atoms with E-state index in [9.17, 15) is 4.79 Å². The topological polar surface area (TPSA) is 40.5 Å². The third-order valence-electron chi connectivity index (χ3n) is 2.48. The molecule has 100 valence electrons. The van der Waals surface area contributed by atoms with E-state index in [0.717, 1.165) is 16.6 Å². The van der Waals surface area contributed by atoms with Crippen molar-refractivity contribution >= 4 is 33.6 Å². The second-order valence-electron chi connectivity index (χ2n) is 3.94. The second kappa shape index (κ2) is 8.56. The molecule has 0 unspecified atom stereocenters. The molecule has 1 amide bonds. The van der Waals surface area contributed by atoms with Crippen LogP contribution in [0, 0.1) is 0 Å². The molecule has 0 saturated heterocycles. The van der Waals surface area contributed by atoms with Gasteiger partial charge in [-0.1, -0.05) is 15.9 Å². The molecule has 0 bridgehead atoms. The molecule has 1 N–H and O–H groups in total. The summed E-state index contributed by atoms with van der Waals surface area (Å²) in [7, 11) is 1.72. The molecule has 0 aliphatic carbocycles. The number of amides is 1. The Morgan fingerprint density at radius 1 is 1.39 bits per heavy atom. The predicted octanol–water partition coefficient (Wildman–Crippen LogP) is 2.77. The van der Waals surface area contributed by atoms with Crippen LogP contribution in [-0.2, 0) is 4.79 Å². The van der Waals surface area contributed by atoms with E-state index in [-0.39, 0.29) is 12.5 Å². The molecule has 0 aromatic heterocycles.